The molecule has 1 aromatic carbocycles. The van der Waals surface area contributed by atoms with E-state index in [9.17, 15) is 9.90 Å². The molecule has 0 aliphatic carbocycles. The average Bonchev–Trinajstić information content (AvgIpc) is 2.24. The van der Waals surface area contributed by atoms with Gasteiger partial charge in [0.2, 0.25) is 0 Å². The van der Waals surface area contributed by atoms with Crippen LogP contribution in [0.25, 0.3) is 0 Å². The number of carbonyl (C=O) groups is 1. The summed E-state index contributed by atoms with van der Waals surface area (Å²) in [4.78, 5) is 11.7. The van der Waals surface area contributed by atoms with Crippen molar-refractivity contribution in [2.24, 2.45) is 0 Å². The Hall–Kier alpha value is -1.31. The number of ketones is 1. The Balaban J connectivity index is 3.63. The van der Waals surface area contributed by atoms with Gasteiger partial charge in [-0.1, -0.05) is 60.6 Å². The highest BCUT2D eigenvalue weighted by Crippen LogP contribution is 2.41. The Morgan fingerprint density at radius 3 is 1.60 bits per heavy atom. The Kier molecular flexibility index (Phi) is 4.38. The van der Waals surface area contributed by atoms with Crippen LogP contribution in [0.15, 0.2) is 12.1 Å². The molecule has 0 saturated heterocycles. The van der Waals surface area contributed by atoms with Gasteiger partial charge in [0, 0.05) is 5.92 Å². The standard InChI is InChI=1S/C18H28O2/c1-11(12(2)19)13-9-14(17(3,4)5)16(20)15(10-13)18(6,7)8/h9-11,20H,1-8H3. The summed E-state index contributed by atoms with van der Waals surface area (Å²) in [6.45, 7) is 16.0. The molecule has 0 amide bonds. The number of benzene rings is 1. The van der Waals surface area contributed by atoms with Gasteiger partial charge < -0.3 is 5.11 Å². The van der Waals surface area contributed by atoms with Crippen molar-refractivity contribution in [2.75, 3.05) is 0 Å². The third kappa shape index (κ3) is 3.41. The molecule has 0 fully saturated rings. The van der Waals surface area contributed by atoms with Gasteiger partial charge in [0.15, 0.2) is 0 Å². The molecular weight excluding hydrogens is 248 g/mol. The molecule has 1 N–H and O–H groups in total. The maximum absolute atomic E-state index is 11.7. The second kappa shape index (κ2) is 5.23. The van der Waals surface area contributed by atoms with Crippen molar-refractivity contribution < 1.29 is 9.90 Å². The highest BCUT2D eigenvalue weighted by Gasteiger charge is 2.27. The quantitative estimate of drug-likeness (QED) is 0.851. The van der Waals surface area contributed by atoms with Crippen molar-refractivity contribution in [3.05, 3.63) is 28.8 Å². The van der Waals surface area contributed by atoms with E-state index >= 15 is 0 Å². The molecule has 1 rings (SSSR count). The van der Waals surface area contributed by atoms with Crippen LogP contribution in [-0.4, -0.2) is 10.9 Å². The molecule has 0 aliphatic heterocycles. The monoisotopic (exact) mass is 276 g/mol. The van der Waals surface area contributed by atoms with E-state index in [4.69, 9.17) is 0 Å². The Labute approximate surface area is 123 Å². The van der Waals surface area contributed by atoms with E-state index in [1.165, 1.54) is 0 Å². The van der Waals surface area contributed by atoms with Crippen molar-refractivity contribution in [1.82, 2.24) is 0 Å². The molecular formula is C18H28O2. The zero-order chi connectivity index (χ0) is 15.9. The van der Waals surface area contributed by atoms with Crippen molar-refractivity contribution in [2.45, 2.75) is 72.1 Å². The fraction of sp³-hybridized carbons (Fsp3) is 0.611. The number of aromatic hydroxyl groups is 1. The van der Waals surface area contributed by atoms with Crippen LogP contribution < -0.4 is 0 Å². The number of hydrogen-bond acceptors (Lipinski definition) is 2. The fourth-order valence-corrected chi connectivity index (χ4v) is 2.28. The lowest BCUT2D eigenvalue weighted by Gasteiger charge is -2.29. The molecule has 0 heterocycles. The summed E-state index contributed by atoms with van der Waals surface area (Å²) in [5.74, 6) is 0.373. The molecule has 0 aliphatic rings. The predicted molar refractivity (Wildman–Crippen MR) is 84.6 cm³/mol. The van der Waals surface area contributed by atoms with Gasteiger partial charge in [-0.15, -0.1) is 0 Å². The molecule has 20 heavy (non-hydrogen) atoms. The largest absolute Gasteiger partial charge is 0.507 e. The number of Topliss-reactive ketones (excluding diaryl/α,β-unsaturated/α-hetero) is 1. The summed E-state index contributed by atoms with van der Waals surface area (Å²) >= 11 is 0. The summed E-state index contributed by atoms with van der Waals surface area (Å²) < 4.78 is 0. The van der Waals surface area contributed by atoms with Crippen molar-refractivity contribution in [3.8, 4) is 5.75 Å². The zero-order valence-corrected chi connectivity index (χ0v) is 14.1. The van der Waals surface area contributed by atoms with E-state index in [1.54, 1.807) is 6.92 Å². The number of carbonyl (C=O) groups excluding carboxylic acids is 1. The van der Waals surface area contributed by atoms with Crippen LogP contribution >= 0.6 is 0 Å². The molecule has 2 heteroatoms. The molecule has 0 radical (unpaired) electrons. The normalized spacial score (nSPS) is 14.2. The first kappa shape index (κ1) is 16.7. The lowest BCUT2D eigenvalue weighted by molar-refractivity contribution is -0.118. The third-order valence-electron chi connectivity index (χ3n) is 3.86. The molecule has 0 spiro atoms. The first-order chi connectivity index (χ1) is 8.85. The number of hydrogen-bond donors (Lipinski definition) is 1. The second-order valence-electron chi connectivity index (χ2n) is 7.80. The first-order valence-corrected chi connectivity index (χ1v) is 7.24. The summed E-state index contributed by atoms with van der Waals surface area (Å²) in [6, 6.07) is 3.97. The van der Waals surface area contributed by atoms with E-state index in [-0.39, 0.29) is 22.5 Å². The Morgan fingerprint density at radius 2 is 1.35 bits per heavy atom. The highest BCUT2D eigenvalue weighted by molar-refractivity contribution is 5.83. The van der Waals surface area contributed by atoms with Gasteiger partial charge >= 0.3 is 0 Å². The fourth-order valence-electron chi connectivity index (χ4n) is 2.28. The minimum absolute atomic E-state index is 0.141. The van der Waals surface area contributed by atoms with E-state index in [0.29, 0.717) is 5.75 Å². The van der Waals surface area contributed by atoms with Crippen molar-refractivity contribution in [1.29, 1.82) is 0 Å². The van der Waals surface area contributed by atoms with Gasteiger partial charge in [-0.05, 0) is 34.4 Å². The van der Waals surface area contributed by atoms with Crippen molar-refractivity contribution >= 4 is 5.78 Å². The summed E-state index contributed by atoms with van der Waals surface area (Å²) in [5.41, 5.74) is 2.50. The van der Waals surface area contributed by atoms with E-state index in [1.807, 2.05) is 19.1 Å². The van der Waals surface area contributed by atoms with Gasteiger partial charge in [-0.2, -0.15) is 0 Å². The molecule has 0 bridgehead atoms. The van der Waals surface area contributed by atoms with Crippen molar-refractivity contribution in [3.63, 3.8) is 0 Å². The molecule has 1 aromatic rings. The van der Waals surface area contributed by atoms with Gasteiger partial charge in [0.25, 0.3) is 0 Å². The van der Waals surface area contributed by atoms with Gasteiger partial charge in [0.1, 0.15) is 11.5 Å². The van der Waals surface area contributed by atoms with Crippen LogP contribution in [-0.2, 0) is 15.6 Å². The second-order valence-corrected chi connectivity index (χ2v) is 7.80. The molecule has 1 unspecified atom stereocenters. The number of rotatable bonds is 2. The number of phenolic OH excluding ortho intramolecular Hbond substituents is 1. The molecule has 112 valence electrons. The Bertz CT molecular complexity index is 478. The molecule has 0 saturated carbocycles. The lowest BCUT2D eigenvalue weighted by Crippen LogP contribution is -2.19. The minimum atomic E-state index is -0.156. The average molecular weight is 276 g/mol. The summed E-state index contributed by atoms with van der Waals surface area (Å²) in [7, 11) is 0. The Morgan fingerprint density at radius 1 is 1.00 bits per heavy atom. The van der Waals surface area contributed by atoms with Gasteiger partial charge in [-0.25, -0.2) is 0 Å². The van der Waals surface area contributed by atoms with Crippen LogP contribution in [0, 0.1) is 0 Å². The van der Waals surface area contributed by atoms with Crippen LogP contribution in [0.2, 0.25) is 0 Å². The molecule has 1 atom stereocenters. The van der Waals surface area contributed by atoms with Gasteiger partial charge in [-0.3, -0.25) is 4.79 Å². The summed E-state index contributed by atoms with van der Waals surface area (Å²) in [6.07, 6.45) is 0. The topological polar surface area (TPSA) is 37.3 Å². The minimum Gasteiger partial charge on any atom is -0.507 e. The summed E-state index contributed by atoms with van der Waals surface area (Å²) in [5, 5.41) is 10.6. The third-order valence-corrected chi connectivity index (χ3v) is 3.86. The zero-order valence-electron chi connectivity index (χ0n) is 14.1. The van der Waals surface area contributed by atoms with Crippen LogP contribution in [0.5, 0.6) is 5.75 Å². The van der Waals surface area contributed by atoms with Crippen LogP contribution in [0.3, 0.4) is 0 Å². The highest BCUT2D eigenvalue weighted by atomic mass is 16.3. The van der Waals surface area contributed by atoms with Gasteiger partial charge in [0.05, 0.1) is 0 Å². The number of phenols is 1. The lowest BCUT2D eigenvalue weighted by atomic mass is 9.77. The predicted octanol–water partition coefficient (Wildman–Crippen LogP) is 4.68. The smallest absolute Gasteiger partial charge is 0.136 e. The maximum Gasteiger partial charge on any atom is 0.136 e. The molecule has 2 nitrogen and oxygen atoms in total. The van der Waals surface area contributed by atoms with E-state index < -0.39 is 0 Å². The van der Waals surface area contributed by atoms with E-state index in [0.717, 1.165) is 16.7 Å². The SMILES string of the molecule is CC(=O)C(C)c1cc(C(C)(C)C)c(O)c(C(C)(C)C)c1. The molecule has 0 aromatic heterocycles. The van der Waals surface area contributed by atoms with Crippen LogP contribution in [0.1, 0.15) is 78.0 Å². The maximum atomic E-state index is 11.7. The first-order valence-electron chi connectivity index (χ1n) is 7.24. The van der Waals surface area contributed by atoms with Crippen LogP contribution in [0.4, 0.5) is 0 Å². The van der Waals surface area contributed by atoms with E-state index in [2.05, 4.69) is 41.5 Å².